The average Bonchev–Trinajstić information content (AvgIpc) is 3.29. The molecule has 1 N–H and O–H groups in total. The highest BCUT2D eigenvalue weighted by Crippen LogP contribution is 2.54. The smallest absolute Gasteiger partial charge is 0.0178 e. The van der Waals surface area contributed by atoms with Crippen molar-refractivity contribution in [3.8, 4) is 0 Å². The van der Waals surface area contributed by atoms with Crippen LogP contribution in [0.1, 0.15) is 36.3 Å². The number of rotatable bonds is 6. The van der Waals surface area contributed by atoms with Crippen LogP contribution in [0, 0.1) is 5.92 Å². The van der Waals surface area contributed by atoms with E-state index in [9.17, 15) is 0 Å². The van der Waals surface area contributed by atoms with Crippen LogP contribution in [0.25, 0.3) is 0 Å². The zero-order valence-electron chi connectivity index (χ0n) is 12.4. The first-order valence-electron chi connectivity index (χ1n) is 7.80. The van der Waals surface area contributed by atoms with Gasteiger partial charge in [-0.3, -0.25) is 0 Å². The Morgan fingerprint density at radius 3 is 2.67 bits per heavy atom. The molecule has 2 aromatic rings. The molecule has 3 atom stereocenters. The number of benzene rings is 2. The zero-order valence-corrected chi connectivity index (χ0v) is 14.0. The van der Waals surface area contributed by atoms with Crippen LogP contribution in [0.2, 0.25) is 0 Å². The average molecular weight is 344 g/mol. The standard InChI is InChI=1S/C19H22BrN/c1-2-21-13-19(15-9-6-10-16(20)11-15)18-12-17(18)14-7-4-3-5-8-14/h3-11,17-19,21H,2,12-13H2,1H3. The maximum Gasteiger partial charge on any atom is 0.0178 e. The molecule has 110 valence electrons. The summed E-state index contributed by atoms with van der Waals surface area (Å²) in [6, 6.07) is 19.8. The summed E-state index contributed by atoms with van der Waals surface area (Å²) in [7, 11) is 0. The third kappa shape index (κ3) is 3.56. The Morgan fingerprint density at radius 2 is 1.95 bits per heavy atom. The van der Waals surface area contributed by atoms with Crippen LogP contribution in [0.5, 0.6) is 0 Å². The Morgan fingerprint density at radius 1 is 1.14 bits per heavy atom. The molecule has 0 aliphatic heterocycles. The quantitative estimate of drug-likeness (QED) is 0.782. The lowest BCUT2D eigenvalue weighted by atomic mass is 9.91. The van der Waals surface area contributed by atoms with Gasteiger partial charge in [0.25, 0.3) is 0 Å². The molecule has 0 heterocycles. The maximum absolute atomic E-state index is 3.61. The van der Waals surface area contributed by atoms with Crippen LogP contribution >= 0.6 is 15.9 Å². The molecule has 0 radical (unpaired) electrons. The third-order valence-corrected chi connectivity index (χ3v) is 4.97. The fourth-order valence-corrected chi connectivity index (χ4v) is 3.71. The summed E-state index contributed by atoms with van der Waals surface area (Å²) < 4.78 is 1.18. The number of likely N-dealkylation sites (N-methyl/N-ethyl adjacent to an activating group) is 1. The first-order chi connectivity index (χ1) is 10.3. The summed E-state index contributed by atoms with van der Waals surface area (Å²) in [5, 5.41) is 3.54. The maximum atomic E-state index is 3.61. The number of hydrogen-bond acceptors (Lipinski definition) is 1. The molecule has 3 rings (SSSR count). The van der Waals surface area contributed by atoms with Gasteiger partial charge in [-0.15, -0.1) is 0 Å². The SMILES string of the molecule is CCNCC(c1cccc(Br)c1)C1CC1c1ccccc1. The van der Waals surface area contributed by atoms with Gasteiger partial charge in [0.05, 0.1) is 0 Å². The van der Waals surface area contributed by atoms with E-state index in [1.54, 1.807) is 0 Å². The molecule has 0 spiro atoms. The molecular weight excluding hydrogens is 322 g/mol. The molecule has 0 amide bonds. The zero-order chi connectivity index (χ0) is 14.7. The van der Waals surface area contributed by atoms with E-state index in [0.717, 1.165) is 24.9 Å². The van der Waals surface area contributed by atoms with E-state index in [0.29, 0.717) is 5.92 Å². The van der Waals surface area contributed by atoms with Crippen LogP contribution in [-0.2, 0) is 0 Å². The van der Waals surface area contributed by atoms with Gasteiger partial charge in [0.1, 0.15) is 0 Å². The molecule has 21 heavy (non-hydrogen) atoms. The van der Waals surface area contributed by atoms with E-state index in [-0.39, 0.29) is 0 Å². The summed E-state index contributed by atoms with van der Waals surface area (Å²) in [5.41, 5.74) is 2.95. The molecule has 1 nitrogen and oxygen atoms in total. The Kier molecular flexibility index (Phi) is 4.77. The van der Waals surface area contributed by atoms with Crippen LogP contribution in [0.15, 0.2) is 59.1 Å². The highest BCUT2D eigenvalue weighted by molar-refractivity contribution is 9.10. The second kappa shape index (κ2) is 6.76. The van der Waals surface area contributed by atoms with Crippen molar-refractivity contribution in [3.63, 3.8) is 0 Å². The largest absolute Gasteiger partial charge is 0.316 e. The molecule has 0 aromatic heterocycles. The van der Waals surface area contributed by atoms with E-state index in [1.165, 1.54) is 22.0 Å². The van der Waals surface area contributed by atoms with Crippen LogP contribution in [0.3, 0.4) is 0 Å². The highest BCUT2D eigenvalue weighted by Gasteiger charge is 2.43. The minimum atomic E-state index is 0.604. The first-order valence-corrected chi connectivity index (χ1v) is 8.60. The van der Waals surface area contributed by atoms with E-state index >= 15 is 0 Å². The van der Waals surface area contributed by atoms with Crippen molar-refractivity contribution in [2.75, 3.05) is 13.1 Å². The highest BCUT2D eigenvalue weighted by atomic mass is 79.9. The molecule has 1 fully saturated rings. The molecule has 1 saturated carbocycles. The van der Waals surface area contributed by atoms with Gasteiger partial charge >= 0.3 is 0 Å². The van der Waals surface area contributed by atoms with Gasteiger partial charge < -0.3 is 5.32 Å². The van der Waals surface area contributed by atoms with E-state index in [1.807, 2.05) is 0 Å². The minimum Gasteiger partial charge on any atom is -0.316 e. The van der Waals surface area contributed by atoms with Crippen LogP contribution in [0.4, 0.5) is 0 Å². The topological polar surface area (TPSA) is 12.0 Å². The fraction of sp³-hybridized carbons (Fsp3) is 0.368. The lowest BCUT2D eigenvalue weighted by molar-refractivity contribution is 0.536. The van der Waals surface area contributed by atoms with Gasteiger partial charge in [-0.1, -0.05) is 65.3 Å². The predicted octanol–water partition coefficient (Wildman–Crippen LogP) is 4.95. The van der Waals surface area contributed by atoms with Crippen molar-refractivity contribution in [3.05, 3.63) is 70.2 Å². The monoisotopic (exact) mass is 343 g/mol. The van der Waals surface area contributed by atoms with Gasteiger partial charge in [0.2, 0.25) is 0 Å². The van der Waals surface area contributed by atoms with E-state index in [4.69, 9.17) is 0 Å². The summed E-state index contributed by atoms with van der Waals surface area (Å²) >= 11 is 3.61. The summed E-state index contributed by atoms with van der Waals surface area (Å²) in [6.45, 7) is 4.29. The van der Waals surface area contributed by atoms with Crippen molar-refractivity contribution >= 4 is 15.9 Å². The minimum absolute atomic E-state index is 0.604. The molecule has 1 aliphatic carbocycles. The van der Waals surface area contributed by atoms with Gasteiger partial charge in [-0.2, -0.15) is 0 Å². The Hall–Kier alpha value is -1.12. The van der Waals surface area contributed by atoms with Crippen molar-refractivity contribution < 1.29 is 0 Å². The molecule has 0 saturated heterocycles. The fourth-order valence-electron chi connectivity index (χ4n) is 3.30. The molecule has 1 aliphatic rings. The lowest BCUT2D eigenvalue weighted by Crippen LogP contribution is -2.22. The molecule has 0 bridgehead atoms. The molecular formula is C19H22BrN. The van der Waals surface area contributed by atoms with Crippen LogP contribution < -0.4 is 5.32 Å². The van der Waals surface area contributed by atoms with Crippen LogP contribution in [-0.4, -0.2) is 13.1 Å². The summed E-state index contributed by atoms with van der Waals surface area (Å²) in [4.78, 5) is 0. The predicted molar refractivity (Wildman–Crippen MR) is 92.7 cm³/mol. The Bertz CT molecular complexity index is 581. The first kappa shape index (κ1) is 14.8. The number of halogens is 1. The Labute approximate surface area is 135 Å². The number of nitrogens with one attached hydrogen (secondary N) is 1. The number of hydrogen-bond donors (Lipinski definition) is 1. The summed E-state index contributed by atoms with van der Waals surface area (Å²) in [5.74, 6) is 2.10. The summed E-state index contributed by atoms with van der Waals surface area (Å²) in [6.07, 6.45) is 1.31. The Balaban J connectivity index is 1.78. The van der Waals surface area contributed by atoms with Gasteiger partial charge in [-0.05, 0) is 54.0 Å². The van der Waals surface area contributed by atoms with Gasteiger partial charge in [0, 0.05) is 11.0 Å². The van der Waals surface area contributed by atoms with Crippen molar-refractivity contribution in [2.45, 2.75) is 25.2 Å². The van der Waals surface area contributed by atoms with Gasteiger partial charge in [-0.25, -0.2) is 0 Å². The van der Waals surface area contributed by atoms with Gasteiger partial charge in [0.15, 0.2) is 0 Å². The van der Waals surface area contributed by atoms with Crippen molar-refractivity contribution in [1.29, 1.82) is 0 Å². The third-order valence-electron chi connectivity index (χ3n) is 4.48. The molecule has 2 heteroatoms. The normalized spacial score (nSPS) is 22.0. The van der Waals surface area contributed by atoms with Crippen molar-refractivity contribution in [2.24, 2.45) is 5.92 Å². The second-order valence-corrected chi connectivity index (χ2v) is 6.80. The van der Waals surface area contributed by atoms with E-state index in [2.05, 4.69) is 82.8 Å². The molecule has 3 unspecified atom stereocenters. The lowest BCUT2D eigenvalue weighted by Gasteiger charge is -2.18. The van der Waals surface area contributed by atoms with Crippen molar-refractivity contribution in [1.82, 2.24) is 5.32 Å². The molecule has 2 aromatic carbocycles. The second-order valence-electron chi connectivity index (χ2n) is 5.89. The van der Waals surface area contributed by atoms with E-state index < -0.39 is 0 Å².